The number of fused-ring (bicyclic) bond motifs is 2. The number of carbonyl (C=O) groups excluding carboxylic acids is 1. The van der Waals surface area contributed by atoms with Gasteiger partial charge in [0.2, 0.25) is 5.91 Å². The van der Waals surface area contributed by atoms with Crippen molar-refractivity contribution in [3.63, 3.8) is 0 Å². The molecule has 4 aromatic heterocycles. The summed E-state index contributed by atoms with van der Waals surface area (Å²) in [5.41, 5.74) is -3.15. The standard InChI is InChI=1S/C23H19F5N8O/c1-3-6-30-17-15-18(34-21(37)22(15,2)23(26,27)28)33-19(32-17)16-12-8-11(24)9-31-20(12)36(35-16)10-14-13(25)5-4-7-29-14/h4-5,7-9H,3,6,10H2,1-2H3,(H2,30,32,33,34,37)/t22-/m0/s1. The van der Waals surface area contributed by atoms with Gasteiger partial charge in [-0.15, -0.1) is 0 Å². The molecule has 0 aliphatic carbocycles. The molecule has 0 bridgehead atoms. The quantitative estimate of drug-likeness (QED) is 0.368. The van der Waals surface area contributed by atoms with E-state index >= 15 is 0 Å². The summed E-state index contributed by atoms with van der Waals surface area (Å²) in [4.78, 5) is 29.0. The van der Waals surface area contributed by atoms with E-state index in [0.717, 1.165) is 19.2 Å². The van der Waals surface area contributed by atoms with E-state index in [1.807, 2.05) is 6.92 Å². The molecule has 37 heavy (non-hydrogen) atoms. The molecule has 1 atom stereocenters. The van der Waals surface area contributed by atoms with Crippen molar-refractivity contribution in [2.24, 2.45) is 0 Å². The van der Waals surface area contributed by atoms with Gasteiger partial charge < -0.3 is 10.6 Å². The predicted molar refractivity (Wildman–Crippen MR) is 123 cm³/mol. The minimum absolute atomic E-state index is 0.0180. The van der Waals surface area contributed by atoms with E-state index < -0.39 is 34.7 Å². The van der Waals surface area contributed by atoms with Crippen LogP contribution in [0.5, 0.6) is 0 Å². The maximum atomic E-state index is 14.2. The first-order valence-corrected chi connectivity index (χ1v) is 11.2. The van der Waals surface area contributed by atoms with E-state index in [2.05, 4.69) is 35.7 Å². The lowest BCUT2D eigenvalue weighted by Gasteiger charge is -2.26. The maximum absolute atomic E-state index is 14.2. The van der Waals surface area contributed by atoms with Crippen LogP contribution in [0.1, 0.15) is 31.5 Å². The average molecular weight is 518 g/mol. The summed E-state index contributed by atoms with van der Waals surface area (Å²) in [6.07, 6.45) is -2.02. The maximum Gasteiger partial charge on any atom is 0.407 e. The molecule has 1 aliphatic heterocycles. The highest BCUT2D eigenvalue weighted by Crippen LogP contribution is 2.50. The Labute approximate surface area is 206 Å². The largest absolute Gasteiger partial charge is 0.407 e. The zero-order valence-corrected chi connectivity index (χ0v) is 19.5. The Morgan fingerprint density at radius 3 is 2.68 bits per heavy atom. The van der Waals surface area contributed by atoms with Gasteiger partial charge in [-0.3, -0.25) is 9.78 Å². The molecular formula is C23H19F5N8O. The number of hydrogen-bond acceptors (Lipinski definition) is 7. The normalized spacial score (nSPS) is 17.2. The third-order valence-electron chi connectivity index (χ3n) is 6.10. The zero-order valence-electron chi connectivity index (χ0n) is 19.5. The summed E-state index contributed by atoms with van der Waals surface area (Å²) < 4.78 is 71.8. The highest BCUT2D eigenvalue weighted by molar-refractivity contribution is 6.07. The Morgan fingerprint density at radius 2 is 1.97 bits per heavy atom. The molecule has 1 aliphatic rings. The number of pyridine rings is 2. The van der Waals surface area contributed by atoms with E-state index in [1.54, 1.807) is 0 Å². The van der Waals surface area contributed by atoms with Gasteiger partial charge in [-0.1, -0.05) is 6.92 Å². The van der Waals surface area contributed by atoms with Crippen molar-refractivity contribution < 1.29 is 26.7 Å². The van der Waals surface area contributed by atoms with E-state index in [4.69, 9.17) is 0 Å². The van der Waals surface area contributed by atoms with Crippen molar-refractivity contribution in [3.8, 4) is 11.5 Å². The lowest BCUT2D eigenvalue weighted by Crippen LogP contribution is -2.45. The summed E-state index contributed by atoms with van der Waals surface area (Å²) in [6, 6.07) is 3.76. The molecule has 2 N–H and O–H groups in total. The highest BCUT2D eigenvalue weighted by atomic mass is 19.4. The van der Waals surface area contributed by atoms with Gasteiger partial charge in [-0.25, -0.2) is 28.4 Å². The number of halogens is 5. The van der Waals surface area contributed by atoms with E-state index in [1.165, 1.54) is 23.0 Å². The fourth-order valence-electron chi connectivity index (χ4n) is 4.10. The molecule has 192 valence electrons. The molecule has 14 heteroatoms. The monoisotopic (exact) mass is 518 g/mol. The van der Waals surface area contributed by atoms with E-state index in [9.17, 15) is 26.7 Å². The van der Waals surface area contributed by atoms with Crippen LogP contribution in [0.2, 0.25) is 0 Å². The fourth-order valence-corrected chi connectivity index (χ4v) is 4.10. The second-order valence-electron chi connectivity index (χ2n) is 8.59. The van der Waals surface area contributed by atoms with Crippen molar-refractivity contribution >= 4 is 28.6 Å². The topological polar surface area (TPSA) is 111 Å². The van der Waals surface area contributed by atoms with Crippen LogP contribution in [0.3, 0.4) is 0 Å². The Kier molecular flexibility index (Phi) is 5.76. The fraction of sp³-hybridized carbons (Fsp3) is 0.304. The number of aromatic nitrogens is 6. The number of alkyl halides is 3. The summed E-state index contributed by atoms with van der Waals surface area (Å²) in [6.45, 7) is 2.66. The van der Waals surface area contributed by atoms with Crippen LogP contribution in [-0.2, 0) is 16.8 Å². The predicted octanol–water partition coefficient (Wildman–Crippen LogP) is 4.20. The first-order valence-electron chi connectivity index (χ1n) is 11.2. The van der Waals surface area contributed by atoms with Crippen LogP contribution < -0.4 is 10.6 Å². The molecule has 5 rings (SSSR count). The number of anilines is 2. The molecule has 0 spiro atoms. The molecule has 5 heterocycles. The minimum Gasteiger partial charge on any atom is -0.370 e. The first kappa shape index (κ1) is 24.5. The van der Waals surface area contributed by atoms with Crippen molar-refractivity contribution in [1.29, 1.82) is 0 Å². The molecule has 4 aromatic rings. The van der Waals surface area contributed by atoms with Crippen molar-refractivity contribution in [3.05, 3.63) is 53.5 Å². The molecule has 9 nitrogen and oxygen atoms in total. The van der Waals surface area contributed by atoms with Crippen molar-refractivity contribution in [1.82, 2.24) is 29.7 Å². The Hall–Kier alpha value is -4.23. The smallest absolute Gasteiger partial charge is 0.370 e. The summed E-state index contributed by atoms with van der Waals surface area (Å²) in [5.74, 6) is -3.32. The SMILES string of the molecule is CCCNc1nc(-c2nn(Cc3ncccc3F)c3ncc(F)cc23)nc2c1[C@](C)(C(F)(F)F)C(=O)N2. The number of hydrogen-bond donors (Lipinski definition) is 2. The van der Waals surface area contributed by atoms with Crippen LogP contribution >= 0.6 is 0 Å². The second kappa shape index (κ2) is 8.71. The molecular weight excluding hydrogens is 499 g/mol. The van der Waals surface area contributed by atoms with Crippen molar-refractivity contribution in [2.75, 3.05) is 17.2 Å². The number of nitrogens with one attached hydrogen (secondary N) is 2. The van der Waals surface area contributed by atoms with Crippen LogP contribution in [0.25, 0.3) is 22.6 Å². The number of rotatable bonds is 6. The summed E-state index contributed by atoms with van der Waals surface area (Å²) in [5, 5.41) is 9.56. The van der Waals surface area contributed by atoms with Gasteiger partial charge in [0.05, 0.1) is 29.4 Å². The van der Waals surface area contributed by atoms with Crippen LogP contribution in [0.15, 0.2) is 30.6 Å². The number of nitrogens with zero attached hydrogens (tertiary/aromatic N) is 6. The number of carbonyl (C=O) groups is 1. The highest BCUT2D eigenvalue weighted by Gasteiger charge is 2.63. The third-order valence-corrected chi connectivity index (χ3v) is 6.10. The molecule has 1 amide bonds. The van der Waals surface area contributed by atoms with Gasteiger partial charge in [0, 0.05) is 12.7 Å². The number of amides is 1. The molecule has 0 saturated heterocycles. The zero-order chi connectivity index (χ0) is 26.5. The Balaban J connectivity index is 1.71. The third kappa shape index (κ3) is 3.92. The van der Waals surface area contributed by atoms with Gasteiger partial charge in [0.15, 0.2) is 16.9 Å². The van der Waals surface area contributed by atoms with Gasteiger partial charge in [0.1, 0.15) is 29.0 Å². The lowest BCUT2D eigenvalue weighted by atomic mass is 9.83. The Morgan fingerprint density at radius 1 is 1.19 bits per heavy atom. The van der Waals surface area contributed by atoms with Crippen LogP contribution in [0.4, 0.5) is 33.6 Å². The van der Waals surface area contributed by atoms with Crippen LogP contribution in [-0.4, -0.2) is 48.3 Å². The molecule has 0 unspecified atom stereocenters. The lowest BCUT2D eigenvalue weighted by molar-refractivity contribution is -0.186. The average Bonchev–Trinajstić information content (AvgIpc) is 3.33. The van der Waals surface area contributed by atoms with Crippen molar-refractivity contribution in [2.45, 2.75) is 38.4 Å². The molecule has 0 aromatic carbocycles. The van der Waals surface area contributed by atoms with Gasteiger partial charge in [-0.05, 0) is 31.5 Å². The Bertz CT molecular complexity index is 1540. The molecule has 0 radical (unpaired) electrons. The first-order chi connectivity index (χ1) is 17.5. The second-order valence-corrected chi connectivity index (χ2v) is 8.59. The van der Waals surface area contributed by atoms with Gasteiger partial charge in [-0.2, -0.15) is 18.3 Å². The molecule has 0 saturated carbocycles. The van der Waals surface area contributed by atoms with Crippen LogP contribution in [0, 0.1) is 11.6 Å². The molecule has 0 fully saturated rings. The summed E-state index contributed by atoms with van der Waals surface area (Å²) >= 11 is 0. The minimum atomic E-state index is -4.93. The van der Waals surface area contributed by atoms with Gasteiger partial charge in [0.25, 0.3) is 0 Å². The van der Waals surface area contributed by atoms with E-state index in [0.29, 0.717) is 6.42 Å². The van der Waals surface area contributed by atoms with Gasteiger partial charge >= 0.3 is 6.18 Å². The van der Waals surface area contributed by atoms with E-state index in [-0.39, 0.29) is 53.0 Å². The summed E-state index contributed by atoms with van der Waals surface area (Å²) in [7, 11) is 0.